The molecule has 0 aliphatic heterocycles. The van der Waals surface area contributed by atoms with E-state index in [0.29, 0.717) is 27.2 Å². The van der Waals surface area contributed by atoms with E-state index < -0.39 is 34.4 Å². The van der Waals surface area contributed by atoms with Crippen LogP contribution in [0.1, 0.15) is 26.3 Å². The number of nitrogens with one attached hydrogen (secondary N) is 1. The predicted octanol–water partition coefficient (Wildman–Crippen LogP) is 5.26. The second-order valence-corrected chi connectivity index (χ2v) is 12.0. The van der Waals surface area contributed by atoms with Crippen LogP contribution in [0.2, 0.25) is 20.1 Å². The lowest BCUT2D eigenvalue weighted by molar-refractivity contribution is -0.139. The molecular weight excluding hydrogens is 556 g/mol. The second-order valence-electron chi connectivity index (χ2n) is 8.40. The minimum absolute atomic E-state index is 0.0548. The number of sulfonamides is 1. The Morgan fingerprint density at radius 2 is 1.57 bits per heavy atom. The monoisotopic (exact) mass is 581 g/mol. The highest BCUT2D eigenvalue weighted by molar-refractivity contribution is 7.92. The molecule has 192 valence electrons. The Labute approximate surface area is 226 Å². The van der Waals surface area contributed by atoms with Gasteiger partial charge in [-0.2, -0.15) is 0 Å². The van der Waals surface area contributed by atoms with Gasteiger partial charge in [0.15, 0.2) is 0 Å². The summed E-state index contributed by atoms with van der Waals surface area (Å²) in [7, 11) is -3.93. The van der Waals surface area contributed by atoms with Crippen LogP contribution in [0.25, 0.3) is 0 Å². The first-order chi connectivity index (χ1) is 16.2. The van der Waals surface area contributed by atoms with E-state index in [1.807, 2.05) is 13.8 Å². The molecule has 35 heavy (non-hydrogen) atoms. The zero-order valence-electron chi connectivity index (χ0n) is 19.7. The quantitative estimate of drug-likeness (QED) is 0.414. The molecule has 0 aliphatic carbocycles. The molecule has 0 aromatic heterocycles. The van der Waals surface area contributed by atoms with Gasteiger partial charge >= 0.3 is 0 Å². The Hall–Kier alpha value is -1.71. The SMILES string of the molecule is CC(C)CNC(=O)[C@H](C)N(Cc1c(Cl)cccc1Cl)C(=O)CN(c1ccc(Cl)cc1Cl)S(C)(=O)=O. The smallest absolute Gasteiger partial charge is 0.244 e. The first kappa shape index (κ1) is 29.5. The number of hydrogen-bond donors (Lipinski definition) is 1. The molecule has 0 aliphatic rings. The van der Waals surface area contributed by atoms with E-state index in [2.05, 4.69) is 5.32 Å². The van der Waals surface area contributed by atoms with Crippen molar-refractivity contribution in [1.29, 1.82) is 0 Å². The second kappa shape index (κ2) is 12.5. The summed E-state index contributed by atoms with van der Waals surface area (Å²) in [5, 5.41) is 3.78. The number of amides is 2. The van der Waals surface area contributed by atoms with Gasteiger partial charge in [0, 0.05) is 33.7 Å². The zero-order valence-corrected chi connectivity index (χ0v) is 23.5. The summed E-state index contributed by atoms with van der Waals surface area (Å²) in [4.78, 5) is 27.6. The van der Waals surface area contributed by atoms with Crippen LogP contribution < -0.4 is 9.62 Å². The van der Waals surface area contributed by atoms with Gasteiger partial charge < -0.3 is 10.2 Å². The first-order valence-corrected chi connectivity index (χ1v) is 14.0. The predicted molar refractivity (Wildman–Crippen MR) is 143 cm³/mol. The van der Waals surface area contributed by atoms with E-state index >= 15 is 0 Å². The number of halogens is 4. The maximum absolute atomic E-state index is 13.5. The standard InChI is InChI=1S/C23H27Cl4N3O4S/c1-14(2)11-28-23(32)15(3)29(12-17-18(25)6-5-7-19(17)26)22(31)13-30(35(4,33)34)21-9-8-16(24)10-20(21)27/h5-10,14-15H,11-13H2,1-4H3,(H,28,32)/t15-/m0/s1. The Balaban J connectivity index is 2.46. The molecule has 0 saturated heterocycles. The number of benzene rings is 2. The highest BCUT2D eigenvalue weighted by Gasteiger charge is 2.31. The average Bonchev–Trinajstić information content (AvgIpc) is 2.74. The Morgan fingerprint density at radius 3 is 2.09 bits per heavy atom. The summed E-state index contributed by atoms with van der Waals surface area (Å²) < 4.78 is 26.1. The fourth-order valence-corrected chi connectivity index (χ4v) is 5.11. The van der Waals surface area contributed by atoms with Gasteiger partial charge in [-0.25, -0.2) is 8.42 Å². The fraction of sp³-hybridized carbons (Fsp3) is 0.391. The molecular formula is C23H27Cl4N3O4S. The van der Waals surface area contributed by atoms with Crippen molar-refractivity contribution in [3.63, 3.8) is 0 Å². The molecule has 2 aromatic rings. The fourth-order valence-electron chi connectivity index (χ4n) is 3.17. The molecule has 2 amide bonds. The van der Waals surface area contributed by atoms with Gasteiger partial charge in [0.1, 0.15) is 12.6 Å². The lowest BCUT2D eigenvalue weighted by Crippen LogP contribution is -2.51. The van der Waals surface area contributed by atoms with E-state index in [4.69, 9.17) is 46.4 Å². The van der Waals surface area contributed by atoms with Crippen LogP contribution in [0.15, 0.2) is 36.4 Å². The molecule has 2 rings (SSSR count). The summed E-state index contributed by atoms with van der Waals surface area (Å²) >= 11 is 24.8. The topological polar surface area (TPSA) is 86.8 Å². The number of hydrogen-bond acceptors (Lipinski definition) is 4. The van der Waals surface area contributed by atoms with Crippen LogP contribution in [-0.4, -0.2) is 50.5 Å². The van der Waals surface area contributed by atoms with E-state index in [0.717, 1.165) is 10.6 Å². The largest absolute Gasteiger partial charge is 0.354 e. The van der Waals surface area contributed by atoms with Crippen molar-refractivity contribution in [3.8, 4) is 0 Å². The number of carbonyl (C=O) groups excluding carboxylic acids is 2. The highest BCUT2D eigenvalue weighted by Crippen LogP contribution is 2.31. The van der Waals surface area contributed by atoms with Gasteiger partial charge in [-0.15, -0.1) is 0 Å². The van der Waals surface area contributed by atoms with E-state index in [9.17, 15) is 18.0 Å². The number of rotatable bonds is 10. The van der Waals surface area contributed by atoms with Gasteiger partial charge in [-0.3, -0.25) is 13.9 Å². The van der Waals surface area contributed by atoms with E-state index in [1.165, 1.54) is 23.1 Å². The average molecular weight is 583 g/mol. The summed E-state index contributed by atoms with van der Waals surface area (Å²) in [5.41, 5.74) is 0.516. The summed E-state index contributed by atoms with van der Waals surface area (Å²) in [6.07, 6.45) is 0.958. The lowest BCUT2D eigenvalue weighted by atomic mass is 10.1. The highest BCUT2D eigenvalue weighted by atomic mass is 35.5. The van der Waals surface area contributed by atoms with Gasteiger partial charge in [-0.05, 0) is 43.2 Å². The van der Waals surface area contributed by atoms with Gasteiger partial charge in [0.25, 0.3) is 0 Å². The van der Waals surface area contributed by atoms with E-state index in [-0.39, 0.29) is 23.2 Å². The van der Waals surface area contributed by atoms with Gasteiger partial charge in [-0.1, -0.05) is 66.3 Å². The molecule has 0 saturated carbocycles. The third-order valence-corrected chi connectivity index (χ3v) is 7.47. The van der Waals surface area contributed by atoms with Crippen LogP contribution >= 0.6 is 46.4 Å². The van der Waals surface area contributed by atoms with Crippen molar-refractivity contribution in [2.45, 2.75) is 33.4 Å². The molecule has 12 heteroatoms. The number of carbonyl (C=O) groups is 2. The normalized spacial score (nSPS) is 12.4. The third kappa shape index (κ3) is 8.15. The molecule has 0 fully saturated rings. The van der Waals surface area contributed by atoms with Crippen LogP contribution in [0, 0.1) is 5.92 Å². The van der Waals surface area contributed by atoms with Crippen molar-refractivity contribution in [2.75, 3.05) is 23.7 Å². The molecule has 7 nitrogen and oxygen atoms in total. The van der Waals surface area contributed by atoms with Crippen LogP contribution in [0.4, 0.5) is 5.69 Å². The van der Waals surface area contributed by atoms with Crippen molar-refractivity contribution >= 4 is 73.9 Å². The molecule has 0 bridgehead atoms. The molecule has 1 atom stereocenters. The van der Waals surface area contributed by atoms with E-state index in [1.54, 1.807) is 25.1 Å². The first-order valence-electron chi connectivity index (χ1n) is 10.6. The molecule has 0 unspecified atom stereocenters. The molecule has 0 heterocycles. The zero-order chi connectivity index (χ0) is 26.5. The van der Waals surface area contributed by atoms with Crippen molar-refractivity contribution < 1.29 is 18.0 Å². The van der Waals surface area contributed by atoms with Crippen molar-refractivity contribution in [1.82, 2.24) is 10.2 Å². The number of anilines is 1. The van der Waals surface area contributed by atoms with Crippen LogP contribution in [-0.2, 0) is 26.2 Å². The Bertz CT molecular complexity index is 1170. The molecule has 0 radical (unpaired) electrons. The van der Waals surface area contributed by atoms with Crippen LogP contribution in [0.5, 0.6) is 0 Å². The van der Waals surface area contributed by atoms with Crippen molar-refractivity contribution in [3.05, 3.63) is 62.1 Å². The Morgan fingerprint density at radius 1 is 0.971 bits per heavy atom. The maximum atomic E-state index is 13.5. The summed E-state index contributed by atoms with van der Waals surface area (Å²) in [5.74, 6) is -0.851. The molecule has 2 aromatic carbocycles. The summed E-state index contributed by atoms with van der Waals surface area (Å²) in [6.45, 7) is 5.13. The summed E-state index contributed by atoms with van der Waals surface area (Å²) in [6, 6.07) is 8.20. The maximum Gasteiger partial charge on any atom is 0.244 e. The minimum Gasteiger partial charge on any atom is -0.354 e. The van der Waals surface area contributed by atoms with Gasteiger partial charge in [0.2, 0.25) is 21.8 Å². The van der Waals surface area contributed by atoms with Crippen LogP contribution in [0.3, 0.4) is 0 Å². The van der Waals surface area contributed by atoms with Gasteiger partial charge in [0.05, 0.1) is 17.0 Å². The molecule has 1 N–H and O–H groups in total. The Kier molecular flexibility index (Phi) is 10.5. The minimum atomic E-state index is -3.93. The lowest BCUT2D eigenvalue weighted by Gasteiger charge is -2.32. The van der Waals surface area contributed by atoms with Crippen molar-refractivity contribution in [2.24, 2.45) is 5.92 Å². The number of nitrogens with zero attached hydrogens (tertiary/aromatic N) is 2. The third-order valence-electron chi connectivity index (χ3n) is 5.10. The molecule has 0 spiro atoms.